The molecule has 0 unspecified atom stereocenters. The number of amides is 2. The molecule has 2 aromatic carbocycles. The van der Waals surface area contributed by atoms with E-state index in [9.17, 15) is 18.0 Å². The van der Waals surface area contributed by atoms with Crippen LogP contribution in [0.15, 0.2) is 60.0 Å². The molecule has 0 saturated carbocycles. The highest BCUT2D eigenvalue weighted by Crippen LogP contribution is 2.27. The second kappa shape index (κ2) is 11.3. The number of aryl methyl sites for hydroxylation is 2. The lowest BCUT2D eigenvalue weighted by Crippen LogP contribution is -2.30. The first-order valence-corrected chi connectivity index (χ1v) is 12.9. The summed E-state index contributed by atoms with van der Waals surface area (Å²) in [5.41, 5.74) is 2.80. The summed E-state index contributed by atoms with van der Waals surface area (Å²) in [6, 6.07) is 9.73. The van der Waals surface area contributed by atoms with Crippen molar-refractivity contribution in [3.8, 4) is 0 Å². The molecule has 0 aliphatic rings. The van der Waals surface area contributed by atoms with Gasteiger partial charge in [0.25, 0.3) is 5.91 Å². The molecule has 0 atom stereocenters. The van der Waals surface area contributed by atoms with Gasteiger partial charge in [0.15, 0.2) is 0 Å². The second-order valence-corrected chi connectivity index (χ2v) is 10.1. The Morgan fingerprint density at radius 1 is 1.06 bits per heavy atom. The predicted molar refractivity (Wildman–Crippen MR) is 136 cm³/mol. The summed E-state index contributed by atoms with van der Waals surface area (Å²) in [5, 5.41) is 5.63. The number of aromatic nitrogens is 2. The van der Waals surface area contributed by atoms with Gasteiger partial charge in [-0.05, 0) is 55.3 Å². The molecule has 2 N–H and O–H groups in total. The quantitative estimate of drug-likeness (QED) is 0.442. The molecule has 1 heterocycles. The standard InChI is InChI=1S/C25H31N5O4S/c1-5-30(6-2)35(33,34)22-14-18(3)19(4)23(16-22)28-25(32)20-8-7-9-21(15-20)27-24(31)10-12-29-13-11-26-17-29/h7-9,11,13-17H,5-6,10,12H2,1-4H3,(H,27,31)(H,28,32). The molecule has 35 heavy (non-hydrogen) atoms. The number of anilines is 2. The van der Waals surface area contributed by atoms with Crippen LogP contribution in [0.1, 0.15) is 41.8 Å². The zero-order valence-corrected chi connectivity index (χ0v) is 21.2. The van der Waals surface area contributed by atoms with E-state index in [0.717, 1.165) is 11.1 Å². The monoisotopic (exact) mass is 497 g/mol. The van der Waals surface area contributed by atoms with Crippen LogP contribution in [-0.4, -0.2) is 47.2 Å². The van der Waals surface area contributed by atoms with E-state index < -0.39 is 15.9 Å². The number of carbonyl (C=O) groups excluding carboxylic acids is 2. The molecule has 9 nitrogen and oxygen atoms in total. The van der Waals surface area contributed by atoms with Crippen molar-refractivity contribution in [1.29, 1.82) is 0 Å². The number of rotatable bonds is 10. The van der Waals surface area contributed by atoms with Crippen LogP contribution in [0.25, 0.3) is 0 Å². The number of hydrogen-bond acceptors (Lipinski definition) is 5. The van der Waals surface area contributed by atoms with E-state index in [-0.39, 0.29) is 17.2 Å². The zero-order valence-electron chi connectivity index (χ0n) is 20.4. The van der Waals surface area contributed by atoms with Crippen LogP contribution in [0.5, 0.6) is 0 Å². The van der Waals surface area contributed by atoms with Crippen molar-refractivity contribution in [3.05, 3.63) is 71.8 Å². The van der Waals surface area contributed by atoms with Gasteiger partial charge in [-0.15, -0.1) is 0 Å². The van der Waals surface area contributed by atoms with Crippen LogP contribution in [0, 0.1) is 13.8 Å². The normalized spacial score (nSPS) is 11.5. The molecule has 0 aliphatic heterocycles. The summed E-state index contributed by atoms with van der Waals surface area (Å²) >= 11 is 0. The van der Waals surface area contributed by atoms with E-state index >= 15 is 0 Å². The molecule has 3 aromatic rings. The van der Waals surface area contributed by atoms with E-state index in [1.165, 1.54) is 10.4 Å². The van der Waals surface area contributed by atoms with Crippen molar-refractivity contribution < 1.29 is 18.0 Å². The van der Waals surface area contributed by atoms with Crippen LogP contribution in [-0.2, 0) is 21.4 Å². The lowest BCUT2D eigenvalue weighted by atomic mass is 10.1. The highest BCUT2D eigenvalue weighted by atomic mass is 32.2. The maximum atomic E-state index is 13.0. The number of sulfonamides is 1. The minimum absolute atomic E-state index is 0.138. The highest BCUT2D eigenvalue weighted by molar-refractivity contribution is 7.89. The number of benzene rings is 2. The molecule has 3 rings (SSSR count). The van der Waals surface area contributed by atoms with E-state index in [4.69, 9.17) is 0 Å². The predicted octanol–water partition coefficient (Wildman–Crippen LogP) is 3.81. The fraction of sp³-hybridized carbons (Fsp3) is 0.320. The Morgan fingerprint density at radius 3 is 2.46 bits per heavy atom. The molecule has 0 spiro atoms. The van der Waals surface area contributed by atoms with Crippen LogP contribution in [0.2, 0.25) is 0 Å². The van der Waals surface area contributed by atoms with Crippen molar-refractivity contribution in [1.82, 2.24) is 13.9 Å². The Morgan fingerprint density at radius 2 is 1.80 bits per heavy atom. The van der Waals surface area contributed by atoms with Gasteiger partial charge >= 0.3 is 0 Å². The smallest absolute Gasteiger partial charge is 0.255 e. The van der Waals surface area contributed by atoms with E-state index in [1.54, 1.807) is 62.9 Å². The Hall–Kier alpha value is -3.50. The van der Waals surface area contributed by atoms with Crippen molar-refractivity contribution in [3.63, 3.8) is 0 Å². The molecule has 0 fully saturated rings. The summed E-state index contributed by atoms with van der Waals surface area (Å²) in [7, 11) is -3.68. The number of nitrogens with zero attached hydrogens (tertiary/aromatic N) is 3. The summed E-state index contributed by atoms with van der Waals surface area (Å²) in [5.74, 6) is -0.587. The fourth-order valence-electron chi connectivity index (χ4n) is 3.62. The summed E-state index contributed by atoms with van der Waals surface area (Å²) in [6.07, 6.45) is 5.34. The van der Waals surface area contributed by atoms with Crippen molar-refractivity contribution >= 4 is 33.2 Å². The maximum Gasteiger partial charge on any atom is 0.255 e. The third-order valence-electron chi connectivity index (χ3n) is 5.80. The molecule has 10 heteroatoms. The fourth-order valence-corrected chi connectivity index (χ4v) is 5.19. The van der Waals surface area contributed by atoms with Gasteiger partial charge in [0.05, 0.1) is 11.2 Å². The lowest BCUT2D eigenvalue weighted by Gasteiger charge is -2.20. The number of nitrogens with one attached hydrogen (secondary N) is 2. The van der Waals surface area contributed by atoms with Crippen LogP contribution < -0.4 is 10.6 Å². The molecular formula is C25H31N5O4S. The average molecular weight is 498 g/mol. The van der Waals surface area contributed by atoms with Crippen LogP contribution in [0.4, 0.5) is 11.4 Å². The molecule has 2 amide bonds. The third-order valence-corrected chi connectivity index (χ3v) is 7.82. The van der Waals surface area contributed by atoms with Gasteiger partial charge < -0.3 is 15.2 Å². The Balaban J connectivity index is 1.76. The van der Waals surface area contributed by atoms with Crippen molar-refractivity contribution in [2.45, 2.75) is 45.6 Å². The SMILES string of the molecule is CCN(CC)S(=O)(=O)c1cc(C)c(C)c(NC(=O)c2cccc(NC(=O)CCn3ccnc3)c2)c1. The van der Waals surface area contributed by atoms with Gasteiger partial charge in [0.1, 0.15) is 0 Å². The van der Waals surface area contributed by atoms with Gasteiger partial charge in [0.2, 0.25) is 15.9 Å². The van der Waals surface area contributed by atoms with Crippen molar-refractivity contribution in [2.24, 2.45) is 0 Å². The Labute approximate surface area is 206 Å². The number of hydrogen-bond donors (Lipinski definition) is 2. The van der Waals surface area contributed by atoms with Crippen molar-refractivity contribution in [2.75, 3.05) is 23.7 Å². The van der Waals surface area contributed by atoms with Gasteiger partial charge in [0, 0.05) is 55.4 Å². The van der Waals surface area contributed by atoms with Gasteiger partial charge in [-0.2, -0.15) is 4.31 Å². The van der Waals surface area contributed by atoms with Crippen LogP contribution >= 0.6 is 0 Å². The summed E-state index contributed by atoms with van der Waals surface area (Å²) in [6.45, 7) is 8.42. The molecular weight excluding hydrogens is 466 g/mol. The highest BCUT2D eigenvalue weighted by Gasteiger charge is 2.23. The first kappa shape index (κ1) is 26.1. The zero-order chi connectivity index (χ0) is 25.6. The minimum atomic E-state index is -3.68. The lowest BCUT2D eigenvalue weighted by molar-refractivity contribution is -0.116. The first-order valence-electron chi connectivity index (χ1n) is 11.4. The number of imidazole rings is 1. The van der Waals surface area contributed by atoms with Gasteiger partial charge in [-0.1, -0.05) is 19.9 Å². The molecule has 0 saturated heterocycles. The Kier molecular flexibility index (Phi) is 8.42. The Bertz CT molecular complexity index is 1300. The number of carbonyl (C=O) groups is 2. The molecule has 0 aliphatic carbocycles. The average Bonchev–Trinajstić information content (AvgIpc) is 3.35. The largest absolute Gasteiger partial charge is 0.337 e. The molecule has 0 bridgehead atoms. The molecule has 0 radical (unpaired) electrons. The third kappa shape index (κ3) is 6.34. The van der Waals surface area contributed by atoms with E-state index in [1.807, 2.05) is 18.4 Å². The second-order valence-electron chi connectivity index (χ2n) is 8.14. The first-order chi connectivity index (χ1) is 16.6. The summed E-state index contributed by atoms with van der Waals surface area (Å²) < 4.78 is 29.2. The summed E-state index contributed by atoms with van der Waals surface area (Å²) in [4.78, 5) is 29.4. The van der Waals surface area contributed by atoms with E-state index in [2.05, 4.69) is 15.6 Å². The molecule has 1 aromatic heterocycles. The van der Waals surface area contributed by atoms with E-state index in [0.29, 0.717) is 36.6 Å². The van der Waals surface area contributed by atoms with Gasteiger partial charge in [-0.25, -0.2) is 13.4 Å². The molecule has 186 valence electrons. The minimum Gasteiger partial charge on any atom is -0.337 e. The van der Waals surface area contributed by atoms with Gasteiger partial charge in [-0.3, -0.25) is 9.59 Å². The van der Waals surface area contributed by atoms with Crippen LogP contribution in [0.3, 0.4) is 0 Å². The maximum absolute atomic E-state index is 13.0. The topological polar surface area (TPSA) is 113 Å².